The number of likely N-dealkylation sites (N-methyl/N-ethyl adjacent to an activating group) is 1. The number of hydrogen-bond donors (Lipinski definition) is 1. The number of nitrogens with one attached hydrogen (secondary N) is 1. The molecular formula is C13H19FN2O. The van der Waals surface area contributed by atoms with Crippen molar-refractivity contribution in [1.29, 1.82) is 0 Å². The Morgan fingerprint density at radius 3 is 2.94 bits per heavy atom. The molecule has 0 saturated carbocycles. The van der Waals surface area contributed by atoms with Gasteiger partial charge in [-0.3, -0.25) is 0 Å². The average Bonchev–Trinajstić information content (AvgIpc) is 2.33. The average molecular weight is 238 g/mol. The first-order valence-corrected chi connectivity index (χ1v) is 5.97. The van der Waals surface area contributed by atoms with Crippen molar-refractivity contribution in [2.24, 2.45) is 0 Å². The molecule has 0 radical (unpaired) electrons. The lowest BCUT2D eigenvalue weighted by molar-refractivity contribution is 0.145. The van der Waals surface area contributed by atoms with Crippen molar-refractivity contribution in [3.05, 3.63) is 24.0 Å². The van der Waals surface area contributed by atoms with Crippen molar-refractivity contribution in [3.63, 3.8) is 0 Å². The van der Waals surface area contributed by atoms with Gasteiger partial charge in [0.2, 0.25) is 0 Å². The summed E-state index contributed by atoms with van der Waals surface area (Å²) in [6.07, 6.45) is 0.896. The third-order valence-electron chi connectivity index (χ3n) is 3.42. The van der Waals surface area contributed by atoms with E-state index in [2.05, 4.69) is 17.1 Å². The summed E-state index contributed by atoms with van der Waals surface area (Å²) in [5.41, 5.74) is 0.832. The molecule has 2 atom stereocenters. The number of halogens is 1. The van der Waals surface area contributed by atoms with Crippen LogP contribution in [0.4, 0.5) is 10.1 Å². The van der Waals surface area contributed by atoms with Crippen LogP contribution in [-0.4, -0.2) is 32.8 Å². The maximum Gasteiger partial charge on any atom is 0.178 e. The highest BCUT2D eigenvalue weighted by molar-refractivity contribution is 5.61. The number of fused-ring (bicyclic) bond motifs is 1. The van der Waals surface area contributed by atoms with Crippen molar-refractivity contribution in [3.8, 4) is 5.75 Å². The molecule has 94 valence electrons. The molecule has 2 rings (SSSR count). The molecule has 3 nitrogen and oxygen atoms in total. The Morgan fingerprint density at radius 1 is 1.47 bits per heavy atom. The van der Waals surface area contributed by atoms with Crippen LogP contribution >= 0.6 is 0 Å². The topological polar surface area (TPSA) is 24.5 Å². The maximum atomic E-state index is 13.7. The Balaban J connectivity index is 2.26. The summed E-state index contributed by atoms with van der Waals surface area (Å²) < 4.78 is 19.5. The second kappa shape index (κ2) is 4.92. The number of rotatable bonds is 3. The zero-order chi connectivity index (χ0) is 12.4. The van der Waals surface area contributed by atoms with Crippen LogP contribution in [0.5, 0.6) is 5.75 Å². The highest BCUT2D eigenvalue weighted by Gasteiger charge is 2.31. The Labute approximate surface area is 102 Å². The van der Waals surface area contributed by atoms with Gasteiger partial charge in [0.15, 0.2) is 11.6 Å². The van der Waals surface area contributed by atoms with Gasteiger partial charge in [-0.15, -0.1) is 0 Å². The molecule has 0 spiro atoms. The van der Waals surface area contributed by atoms with E-state index in [0.29, 0.717) is 5.75 Å². The van der Waals surface area contributed by atoms with E-state index in [0.717, 1.165) is 18.7 Å². The van der Waals surface area contributed by atoms with Gasteiger partial charge in [-0.1, -0.05) is 6.07 Å². The summed E-state index contributed by atoms with van der Waals surface area (Å²) in [5.74, 6) is 0.102. The van der Waals surface area contributed by atoms with Crippen molar-refractivity contribution >= 4 is 5.69 Å². The Morgan fingerprint density at radius 2 is 2.24 bits per heavy atom. The van der Waals surface area contributed by atoms with Gasteiger partial charge in [-0.25, -0.2) is 4.39 Å². The van der Waals surface area contributed by atoms with Crippen LogP contribution in [0.25, 0.3) is 0 Å². The minimum Gasteiger partial charge on any atom is -0.483 e. The molecule has 0 aromatic heterocycles. The molecule has 1 aliphatic rings. The minimum atomic E-state index is -0.282. The normalized spacial score (nSPS) is 23.2. The molecule has 1 heterocycles. The Bertz CT molecular complexity index is 397. The van der Waals surface area contributed by atoms with E-state index in [4.69, 9.17) is 4.74 Å². The SMILES string of the molecule is CNCCC1Oc2c(F)cccc2N(C)C1C. The van der Waals surface area contributed by atoms with Crippen molar-refractivity contribution in [2.45, 2.75) is 25.5 Å². The van der Waals surface area contributed by atoms with Gasteiger partial charge in [-0.05, 0) is 39.1 Å². The summed E-state index contributed by atoms with van der Waals surface area (Å²) in [6.45, 7) is 2.97. The van der Waals surface area contributed by atoms with Gasteiger partial charge < -0.3 is 15.0 Å². The van der Waals surface area contributed by atoms with Crippen LogP contribution in [-0.2, 0) is 0 Å². The van der Waals surface area contributed by atoms with Crippen LogP contribution in [0.1, 0.15) is 13.3 Å². The molecule has 17 heavy (non-hydrogen) atoms. The molecule has 1 aliphatic heterocycles. The number of benzene rings is 1. The van der Waals surface area contributed by atoms with E-state index in [9.17, 15) is 4.39 Å². The molecule has 0 fully saturated rings. The number of anilines is 1. The first-order chi connectivity index (χ1) is 8.15. The van der Waals surface area contributed by atoms with E-state index in [1.807, 2.05) is 20.2 Å². The van der Waals surface area contributed by atoms with Crippen molar-refractivity contribution in [2.75, 3.05) is 25.5 Å². The molecule has 1 N–H and O–H groups in total. The van der Waals surface area contributed by atoms with E-state index in [1.165, 1.54) is 6.07 Å². The number of hydrogen-bond acceptors (Lipinski definition) is 3. The van der Waals surface area contributed by atoms with Gasteiger partial charge in [0.25, 0.3) is 0 Å². The van der Waals surface area contributed by atoms with Gasteiger partial charge >= 0.3 is 0 Å². The van der Waals surface area contributed by atoms with Gasteiger partial charge in [0, 0.05) is 7.05 Å². The fourth-order valence-corrected chi connectivity index (χ4v) is 2.20. The number of ether oxygens (including phenoxy) is 1. The maximum absolute atomic E-state index is 13.7. The molecular weight excluding hydrogens is 219 g/mol. The largest absolute Gasteiger partial charge is 0.483 e. The standard InChI is InChI=1S/C13H19FN2O/c1-9-12(7-8-15-2)17-13-10(14)5-4-6-11(13)16(9)3/h4-6,9,12,15H,7-8H2,1-3H3. The van der Waals surface area contributed by atoms with Crippen molar-refractivity contribution < 1.29 is 9.13 Å². The van der Waals surface area contributed by atoms with Gasteiger partial charge in [-0.2, -0.15) is 0 Å². The zero-order valence-electron chi connectivity index (χ0n) is 10.5. The summed E-state index contributed by atoms with van der Waals surface area (Å²) >= 11 is 0. The first-order valence-electron chi connectivity index (χ1n) is 5.97. The van der Waals surface area contributed by atoms with Crippen LogP contribution in [0, 0.1) is 5.82 Å². The molecule has 0 aliphatic carbocycles. The molecule has 0 amide bonds. The van der Waals surface area contributed by atoms with E-state index < -0.39 is 0 Å². The highest BCUT2D eigenvalue weighted by Crippen LogP contribution is 2.37. The van der Waals surface area contributed by atoms with Crippen LogP contribution in [0.2, 0.25) is 0 Å². The van der Waals surface area contributed by atoms with E-state index in [-0.39, 0.29) is 18.0 Å². The lowest BCUT2D eigenvalue weighted by atomic mass is 10.0. The Hall–Kier alpha value is -1.29. The zero-order valence-corrected chi connectivity index (χ0v) is 10.5. The minimum absolute atomic E-state index is 0.0249. The van der Waals surface area contributed by atoms with E-state index >= 15 is 0 Å². The molecule has 0 bridgehead atoms. The summed E-state index contributed by atoms with van der Waals surface area (Å²) in [5, 5.41) is 3.10. The summed E-state index contributed by atoms with van der Waals surface area (Å²) in [7, 11) is 3.89. The molecule has 2 unspecified atom stereocenters. The summed E-state index contributed by atoms with van der Waals surface area (Å²) in [4.78, 5) is 2.09. The van der Waals surface area contributed by atoms with Gasteiger partial charge in [0.05, 0.1) is 11.7 Å². The predicted octanol–water partition coefficient (Wildman–Crippen LogP) is 2.02. The van der Waals surface area contributed by atoms with Crippen molar-refractivity contribution in [1.82, 2.24) is 5.32 Å². The Kier molecular flexibility index (Phi) is 3.52. The van der Waals surface area contributed by atoms with Crippen LogP contribution in [0.15, 0.2) is 18.2 Å². The van der Waals surface area contributed by atoms with Crippen LogP contribution < -0.4 is 15.0 Å². The first kappa shape index (κ1) is 12.2. The molecule has 1 aromatic rings. The third kappa shape index (κ3) is 2.22. The molecule has 1 aromatic carbocycles. The molecule has 4 heteroatoms. The smallest absolute Gasteiger partial charge is 0.178 e. The second-order valence-corrected chi connectivity index (χ2v) is 4.49. The molecule has 0 saturated heterocycles. The lowest BCUT2D eigenvalue weighted by Gasteiger charge is -2.39. The third-order valence-corrected chi connectivity index (χ3v) is 3.42. The summed E-state index contributed by atoms with van der Waals surface area (Å²) in [6, 6.07) is 5.30. The highest BCUT2D eigenvalue weighted by atomic mass is 19.1. The quantitative estimate of drug-likeness (QED) is 0.872. The second-order valence-electron chi connectivity index (χ2n) is 4.49. The fourth-order valence-electron chi connectivity index (χ4n) is 2.20. The monoisotopic (exact) mass is 238 g/mol. The van der Waals surface area contributed by atoms with Gasteiger partial charge in [0.1, 0.15) is 6.10 Å². The number of para-hydroxylation sites is 1. The van der Waals surface area contributed by atoms with Crippen LogP contribution in [0.3, 0.4) is 0 Å². The number of nitrogens with zero attached hydrogens (tertiary/aromatic N) is 1. The fraction of sp³-hybridized carbons (Fsp3) is 0.538. The lowest BCUT2D eigenvalue weighted by Crippen LogP contribution is -2.47. The van der Waals surface area contributed by atoms with E-state index in [1.54, 1.807) is 6.07 Å². The predicted molar refractivity (Wildman–Crippen MR) is 67.2 cm³/mol.